The van der Waals surface area contributed by atoms with E-state index in [2.05, 4.69) is 5.32 Å². The predicted octanol–water partition coefficient (Wildman–Crippen LogP) is 3.26. The average molecular weight is 251 g/mol. The van der Waals surface area contributed by atoms with E-state index in [4.69, 9.17) is 4.74 Å². The lowest BCUT2D eigenvalue weighted by Crippen LogP contribution is -2.24. The molecule has 0 amide bonds. The van der Waals surface area contributed by atoms with Crippen LogP contribution in [0.15, 0.2) is 24.3 Å². The van der Waals surface area contributed by atoms with Crippen LogP contribution in [0.1, 0.15) is 37.7 Å². The Kier molecular flexibility index (Phi) is 5.62. The van der Waals surface area contributed by atoms with Crippen molar-refractivity contribution < 1.29 is 9.13 Å². The molecule has 1 aliphatic carbocycles. The summed E-state index contributed by atoms with van der Waals surface area (Å²) in [5.41, 5.74) is 0.979. The maximum Gasteiger partial charge on any atom is 0.123 e. The zero-order valence-corrected chi connectivity index (χ0v) is 10.8. The van der Waals surface area contributed by atoms with Crippen molar-refractivity contribution in [3.63, 3.8) is 0 Å². The van der Waals surface area contributed by atoms with Gasteiger partial charge < -0.3 is 10.1 Å². The van der Waals surface area contributed by atoms with Crippen molar-refractivity contribution in [2.45, 2.75) is 44.8 Å². The van der Waals surface area contributed by atoms with Gasteiger partial charge in [-0.05, 0) is 30.5 Å². The SMILES string of the molecule is Fc1cccc(CNCCOC2CCCCC2)c1. The Bertz CT molecular complexity index is 350. The summed E-state index contributed by atoms with van der Waals surface area (Å²) in [4.78, 5) is 0. The minimum Gasteiger partial charge on any atom is -0.377 e. The summed E-state index contributed by atoms with van der Waals surface area (Å²) in [5, 5.41) is 3.28. The number of rotatable bonds is 6. The van der Waals surface area contributed by atoms with Crippen LogP contribution in [0, 0.1) is 5.82 Å². The maximum atomic E-state index is 12.9. The quantitative estimate of drug-likeness (QED) is 0.784. The smallest absolute Gasteiger partial charge is 0.123 e. The molecule has 1 aliphatic rings. The molecule has 18 heavy (non-hydrogen) atoms. The van der Waals surface area contributed by atoms with Gasteiger partial charge in [0.15, 0.2) is 0 Å². The normalized spacial score (nSPS) is 16.9. The second-order valence-corrected chi connectivity index (χ2v) is 4.94. The highest BCUT2D eigenvalue weighted by atomic mass is 19.1. The Morgan fingerprint density at radius 2 is 2.06 bits per heavy atom. The third-order valence-corrected chi connectivity index (χ3v) is 3.40. The third-order valence-electron chi connectivity index (χ3n) is 3.40. The first-order chi connectivity index (χ1) is 8.84. The van der Waals surface area contributed by atoms with E-state index in [1.54, 1.807) is 12.1 Å². The van der Waals surface area contributed by atoms with Crippen LogP contribution >= 0.6 is 0 Å². The summed E-state index contributed by atoms with van der Waals surface area (Å²) in [6.45, 7) is 2.28. The molecule has 1 saturated carbocycles. The summed E-state index contributed by atoms with van der Waals surface area (Å²) in [6.07, 6.45) is 6.86. The van der Waals surface area contributed by atoms with E-state index in [9.17, 15) is 4.39 Å². The van der Waals surface area contributed by atoms with Gasteiger partial charge in [0.05, 0.1) is 12.7 Å². The molecule has 1 aromatic carbocycles. The van der Waals surface area contributed by atoms with Crippen LogP contribution in [0.4, 0.5) is 4.39 Å². The highest BCUT2D eigenvalue weighted by Crippen LogP contribution is 2.19. The summed E-state index contributed by atoms with van der Waals surface area (Å²) >= 11 is 0. The molecular formula is C15H22FNO. The van der Waals surface area contributed by atoms with E-state index in [0.717, 1.165) is 18.7 Å². The van der Waals surface area contributed by atoms with Crippen LogP contribution in [0.5, 0.6) is 0 Å². The van der Waals surface area contributed by atoms with Crippen LogP contribution in [0.3, 0.4) is 0 Å². The van der Waals surface area contributed by atoms with Crippen LogP contribution in [-0.4, -0.2) is 19.3 Å². The first kappa shape index (κ1) is 13.5. The van der Waals surface area contributed by atoms with Gasteiger partial charge in [-0.15, -0.1) is 0 Å². The van der Waals surface area contributed by atoms with E-state index in [1.165, 1.54) is 38.2 Å². The van der Waals surface area contributed by atoms with Crippen molar-refractivity contribution in [2.24, 2.45) is 0 Å². The highest BCUT2D eigenvalue weighted by Gasteiger charge is 2.12. The van der Waals surface area contributed by atoms with Crippen LogP contribution in [-0.2, 0) is 11.3 Å². The standard InChI is InChI=1S/C15H22FNO/c16-14-6-4-5-13(11-14)12-17-9-10-18-15-7-2-1-3-8-15/h4-6,11,15,17H,1-3,7-10,12H2. The Hall–Kier alpha value is -0.930. The second-order valence-electron chi connectivity index (χ2n) is 4.94. The van der Waals surface area contributed by atoms with Gasteiger partial charge in [0.2, 0.25) is 0 Å². The first-order valence-electron chi connectivity index (χ1n) is 6.91. The lowest BCUT2D eigenvalue weighted by molar-refractivity contribution is 0.0302. The van der Waals surface area contributed by atoms with Crippen molar-refractivity contribution in [2.75, 3.05) is 13.2 Å². The lowest BCUT2D eigenvalue weighted by atomic mass is 9.98. The maximum absolute atomic E-state index is 12.9. The van der Waals surface area contributed by atoms with Gasteiger partial charge >= 0.3 is 0 Å². The monoisotopic (exact) mass is 251 g/mol. The molecule has 0 atom stereocenters. The molecule has 0 aromatic heterocycles. The Balaban J connectivity index is 1.55. The molecular weight excluding hydrogens is 229 g/mol. The molecule has 2 nitrogen and oxygen atoms in total. The Morgan fingerprint density at radius 1 is 1.22 bits per heavy atom. The number of ether oxygens (including phenoxy) is 1. The molecule has 0 saturated heterocycles. The Labute approximate surface area is 109 Å². The van der Waals surface area contributed by atoms with Crippen LogP contribution < -0.4 is 5.32 Å². The molecule has 0 radical (unpaired) electrons. The number of hydrogen-bond donors (Lipinski definition) is 1. The fourth-order valence-corrected chi connectivity index (χ4v) is 2.41. The van der Waals surface area contributed by atoms with Crippen molar-refractivity contribution in [1.82, 2.24) is 5.32 Å². The van der Waals surface area contributed by atoms with Gasteiger partial charge in [-0.3, -0.25) is 0 Å². The molecule has 0 heterocycles. The first-order valence-corrected chi connectivity index (χ1v) is 6.91. The van der Waals surface area contributed by atoms with Gasteiger partial charge in [0.1, 0.15) is 5.82 Å². The number of halogens is 1. The molecule has 1 fully saturated rings. The van der Waals surface area contributed by atoms with Gasteiger partial charge in [-0.1, -0.05) is 31.4 Å². The van der Waals surface area contributed by atoms with E-state index < -0.39 is 0 Å². The van der Waals surface area contributed by atoms with Crippen molar-refractivity contribution in [3.05, 3.63) is 35.6 Å². The fourth-order valence-electron chi connectivity index (χ4n) is 2.41. The van der Waals surface area contributed by atoms with Crippen LogP contribution in [0.25, 0.3) is 0 Å². The van der Waals surface area contributed by atoms with Crippen molar-refractivity contribution in [1.29, 1.82) is 0 Å². The zero-order valence-electron chi connectivity index (χ0n) is 10.8. The topological polar surface area (TPSA) is 21.3 Å². The van der Waals surface area contributed by atoms with Crippen molar-refractivity contribution >= 4 is 0 Å². The predicted molar refractivity (Wildman–Crippen MR) is 70.9 cm³/mol. The molecule has 0 unspecified atom stereocenters. The molecule has 100 valence electrons. The third kappa shape index (κ3) is 4.75. The highest BCUT2D eigenvalue weighted by molar-refractivity contribution is 5.15. The minimum absolute atomic E-state index is 0.173. The van der Waals surface area contributed by atoms with Gasteiger partial charge in [0, 0.05) is 13.1 Å². The van der Waals surface area contributed by atoms with E-state index in [-0.39, 0.29) is 5.82 Å². The molecule has 1 aromatic rings. The van der Waals surface area contributed by atoms with E-state index in [1.807, 2.05) is 6.07 Å². The summed E-state index contributed by atoms with van der Waals surface area (Å²) < 4.78 is 18.7. The minimum atomic E-state index is -0.173. The van der Waals surface area contributed by atoms with Crippen LogP contribution in [0.2, 0.25) is 0 Å². The molecule has 0 spiro atoms. The fraction of sp³-hybridized carbons (Fsp3) is 0.600. The molecule has 2 rings (SSSR count). The van der Waals surface area contributed by atoms with Gasteiger partial charge in [-0.25, -0.2) is 4.39 Å². The summed E-state index contributed by atoms with van der Waals surface area (Å²) in [6, 6.07) is 6.70. The second kappa shape index (κ2) is 7.49. The molecule has 1 N–H and O–H groups in total. The largest absolute Gasteiger partial charge is 0.377 e. The number of hydrogen-bond acceptors (Lipinski definition) is 2. The van der Waals surface area contributed by atoms with Crippen molar-refractivity contribution in [3.8, 4) is 0 Å². The van der Waals surface area contributed by atoms with Gasteiger partial charge in [0.25, 0.3) is 0 Å². The zero-order chi connectivity index (χ0) is 12.6. The summed E-state index contributed by atoms with van der Waals surface area (Å²) in [5.74, 6) is -0.173. The average Bonchev–Trinajstić information content (AvgIpc) is 2.40. The van der Waals surface area contributed by atoms with Gasteiger partial charge in [-0.2, -0.15) is 0 Å². The van der Waals surface area contributed by atoms with E-state index in [0.29, 0.717) is 12.6 Å². The molecule has 0 bridgehead atoms. The number of benzene rings is 1. The lowest BCUT2D eigenvalue weighted by Gasteiger charge is -2.22. The summed E-state index contributed by atoms with van der Waals surface area (Å²) in [7, 11) is 0. The number of nitrogens with one attached hydrogen (secondary N) is 1. The van der Waals surface area contributed by atoms with E-state index >= 15 is 0 Å². The Morgan fingerprint density at radius 3 is 2.83 bits per heavy atom. The molecule has 3 heteroatoms. The molecule has 0 aliphatic heterocycles.